The van der Waals surface area contributed by atoms with Crippen LogP contribution in [-0.4, -0.2) is 14.1 Å². The number of rotatable bonds is 0. The fraction of sp³-hybridized carbons (Fsp3) is 0.312. The quantitative estimate of drug-likeness (QED) is 0.601. The summed E-state index contributed by atoms with van der Waals surface area (Å²) in [5, 5.41) is 1.41. The summed E-state index contributed by atoms with van der Waals surface area (Å²) in [5.41, 5.74) is 6.73. The molecular formula is C16H17N3. The maximum Gasteiger partial charge on any atom is 0.106 e. The highest BCUT2D eigenvalue weighted by atomic mass is 15.1. The van der Waals surface area contributed by atoms with Crippen LogP contribution in [0.25, 0.3) is 22.3 Å². The molecule has 0 spiro atoms. The minimum absolute atomic E-state index is 1.04. The molecule has 3 aromatic rings. The minimum Gasteiger partial charge on any atom is -0.342 e. The smallest absolute Gasteiger partial charge is 0.106 e. The van der Waals surface area contributed by atoms with E-state index in [2.05, 4.69) is 53.2 Å². The molecule has 96 valence electrons. The molecule has 0 bridgehead atoms. The van der Waals surface area contributed by atoms with Crippen molar-refractivity contribution < 1.29 is 0 Å². The molecule has 0 atom stereocenters. The molecule has 3 heterocycles. The monoisotopic (exact) mass is 251 g/mol. The normalized spacial score (nSPS) is 13.6. The Morgan fingerprint density at radius 3 is 2.89 bits per heavy atom. The predicted octanol–water partition coefficient (Wildman–Crippen LogP) is 3.21. The van der Waals surface area contributed by atoms with E-state index >= 15 is 0 Å². The van der Waals surface area contributed by atoms with Gasteiger partial charge >= 0.3 is 0 Å². The van der Waals surface area contributed by atoms with Gasteiger partial charge in [-0.25, -0.2) is 4.98 Å². The Kier molecular flexibility index (Phi) is 2.00. The molecule has 2 aromatic heterocycles. The fourth-order valence-corrected chi connectivity index (χ4v) is 3.38. The third kappa shape index (κ3) is 1.30. The second kappa shape index (κ2) is 3.50. The van der Waals surface area contributed by atoms with Crippen molar-refractivity contribution in [3.05, 3.63) is 41.3 Å². The molecule has 0 radical (unpaired) electrons. The van der Waals surface area contributed by atoms with Gasteiger partial charge in [0.1, 0.15) is 5.82 Å². The summed E-state index contributed by atoms with van der Waals surface area (Å²) in [6.07, 6.45) is 3.11. The van der Waals surface area contributed by atoms with Gasteiger partial charge in [-0.3, -0.25) is 0 Å². The lowest BCUT2D eigenvalue weighted by atomic mass is 10.0. The Morgan fingerprint density at radius 1 is 1.21 bits per heavy atom. The fourth-order valence-electron chi connectivity index (χ4n) is 3.38. The van der Waals surface area contributed by atoms with Crippen LogP contribution in [0.1, 0.15) is 17.0 Å². The SMILES string of the molecule is Cc1ccc2c(c1)c1c(n2C)-c2cnc(C)n2CC1. The van der Waals surface area contributed by atoms with Crippen LogP contribution in [0.3, 0.4) is 0 Å². The Morgan fingerprint density at radius 2 is 2.05 bits per heavy atom. The number of aryl methyl sites for hydroxylation is 4. The van der Waals surface area contributed by atoms with Gasteiger partial charge in [0.15, 0.2) is 0 Å². The molecule has 19 heavy (non-hydrogen) atoms. The van der Waals surface area contributed by atoms with E-state index in [1.165, 1.54) is 33.4 Å². The first-order chi connectivity index (χ1) is 9.16. The van der Waals surface area contributed by atoms with Crippen LogP contribution in [0.2, 0.25) is 0 Å². The van der Waals surface area contributed by atoms with Crippen molar-refractivity contribution in [2.24, 2.45) is 7.05 Å². The predicted molar refractivity (Wildman–Crippen MR) is 77.3 cm³/mol. The van der Waals surface area contributed by atoms with Crippen molar-refractivity contribution >= 4 is 10.9 Å². The van der Waals surface area contributed by atoms with E-state index in [1.54, 1.807) is 0 Å². The van der Waals surface area contributed by atoms with Gasteiger partial charge < -0.3 is 9.13 Å². The average molecular weight is 251 g/mol. The second-order valence-corrected chi connectivity index (χ2v) is 5.50. The summed E-state index contributed by atoms with van der Waals surface area (Å²) in [6, 6.07) is 6.74. The van der Waals surface area contributed by atoms with Gasteiger partial charge in [-0.1, -0.05) is 11.6 Å². The molecule has 0 unspecified atom stereocenters. The van der Waals surface area contributed by atoms with Crippen LogP contribution in [0.4, 0.5) is 0 Å². The lowest BCUT2D eigenvalue weighted by molar-refractivity contribution is 0.658. The van der Waals surface area contributed by atoms with Gasteiger partial charge in [-0.05, 0) is 38.0 Å². The topological polar surface area (TPSA) is 22.8 Å². The van der Waals surface area contributed by atoms with Crippen LogP contribution in [0.5, 0.6) is 0 Å². The van der Waals surface area contributed by atoms with E-state index in [0.29, 0.717) is 0 Å². The van der Waals surface area contributed by atoms with E-state index in [0.717, 1.165) is 18.8 Å². The van der Waals surface area contributed by atoms with Crippen molar-refractivity contribution in [2.75, 3.05) is 0 Å². The molecule has 0 aliphatic carbocycles. The van der Waals surface area contributed by atoms with Crippen LogP contribution in [-0.2, 0) is 20.0 Å². The van der Waals surface area contributed by atoms with Gasteiger partial charge in [0, 0.05) is 24.5 Å². The van der Waals surface area contributed by atoms with E-state index in [9.17, 15) is 0 Å². The zero-order chi connectivity index (χ0) is 13.1. The standard InChI is InChI=1S/C16H17N3/c1-10-4-5-14-13(8-10)12-6-7-19-11(2)17-9-15(19)16(12)18(14)3/h4-5,8-9H,6-7H2,1-3H3. The Balaban J connectivity index is 2.14. The summed E-state index contributed by atoms with van der Waals surface area (Å²) in [6.45, 7) is 5.29. The van der Waals surface area contributed by atoms with Crippen molar-refractivity contribution in [3.63, 3.8) is 0 Å². The maximum absolute atomic E-state index is 4.48. The minimum atomic E-state index is 1.04. The van der Waals surface area contributed by atoms with Gasteiger partial charge in [-0.15, -0.1) is 0 Å². The van der Waals surface area contributed by atoms with Crippen molar-refractivity contribution in [1.82, 2.24) is 14.1 Å². The number of hydrogen-bond acceptors (Lipinski definition) is 1. The molecule has 3 nitrogen and oxygen atoms in total. The Labute approximate surface area is 112 Å². The molecule has 0 saturated carbocycles. The van der Waals surface area contributed by atoms with E-state index in [1.807, 2.05) is 6.20 Å². The highest BCUT2D eigenvalue weighted by Gasteiger charge is 2.24. The maximum atomic E-state index is 4.48. The number of imidazole rings is 1. The van der Waals surface area contributed by atoms with Crippen molar-refractivity contribution in [3.8, 4) is 11.4 Å². The highest BCUT2D eigenvalue weighted by Crippen LogP contribution is 2.37. The van der Waals surface area contributed by atoms with Crippen molar-refractivity contribution in [2.45, 2.75) is 26.8 Å². The summed E-state index contributed by atoms with van der Waals surface area (Å²) in [5.74, 6) is 1.11. The number of fused-ring (bicyclic) bond motifs is 5. The number of hydrogen-bond donors (Lipinski definition) is 0. The first-order valence-corrected chi connectivity index (χ1v) is 6.77. The molecule has 3 heteroatoms. The molecule has 1 aromatic carbocycles. The van der Waals surface area contributed by atoms with Crippen LogP contribution >= 0.6 is 0 Å². The largest absolute Gasteiger partial charge is 0.342 e. The van der Waals surface area contributed by atoms with E-state index in [4.69, 9.17) is 0 Å². The Hall–Kier alpha value is -2.03. The molecule has 4 rings (SSSR count). The zero-order valence-corrected chi connectivity index (χ0v) is 11.6. The summed E-state index contributed by atoms with van der Waals surface area (Å²) in [4.78, 5) is 4.48. The zero-order valence-electron chi connectivity index (χ0n) is 11.6. The van der Waals surface area contributed by atoms with Crippen LogP contribution < -0.4 is 0 Å². The first kappa shape index (κ1) is 10.9. The first-order valence-electron chi connectivity index (χ1n) is 6.77. The number of nitrogens with zero attached hydrogens (tertiary/aromatic N) is 3. The summed E-state index contributed by atoms with van der Waals surface area (Å²) in [7, 11) is 2.16. The second-order valence-electron chi connectivity index (χ2n) is 5.50. The third-order valence-electron chi connectivity index (χ3n) is 4.34. The van der Waals surface area contributed by atoms with E-state index in [-0.39, 0.29) is 0 Å². The van der Waals surface area contributed by atoms with E-state index < -0.39 is 0 Å². The van der Waals surface area contributed by atoms with Crippen molar-refractivity contribution in [1.29, 1.82) is 0 Å². The van der Waals surface area contributed by atoms with Gasteiger partial charge in [0.25, 0.3) is 0 Å². The average Bonchev–Trinajstić information content (AvgIpc) is 2.90. The highest BCUT2D eigenvalue weighted by molar-refractivity contribution is 5.92. The summed E-state index contributed by atoms with van der Waals surface area (Å²) >= 11 is 0. The number of benzene rings is 1. The molecule has 1 aliphatic heterocycles. The molecule has 0 saturated heterocycles. The van der Waals surface area contributed by atoms with Crippen LogP contribution in [0, 0.1) is 13.8 Å². The molecule has 0 N–H and O–H groups in total. The summed E-state index contributed by atoms with van der Waals surface area (Å²) < 4.78 is 4.64. The number of aromatic nitrogens is 3. The van der Waals surface area contributed by atoms with Gasteiger partial charge in [0.2, 0.25) is 0 Å². The third-order valence-corrected chi connectivity index (χ3v) is 4.34. The van der Waals surface area contributed by atoms with Crippen LogP contribution in [0.15, 0.2) is 24.4 Å². The lowest BCUT2D eigenvalue weighted by Crippen LogP contribution is -2.12. The molecule has 0 fully saturated rings. The molecule has 1 aliphatic rings. The van der Waals surface area contributed by atoms with Gasteiger partial charge in [-0.2, -0.15) is 0 Å². The molecular weight excluding hydrogens is 234 g/mol. The Bertz CT molecular complexity index is 805. The molecule has 0 amide bonds. The lowest BCUT2D eigenvalue weighted by Gasteiger charge is -2.18. The van der Waals surface area contributed by atoms with Gasteiger partial charge in [0.05, 0.1) is 17.6 Å².